The summed E-state index contributed by atoms with van der Waals surface area (Å²) in [5.41, 5.74) is 3.26. The summed E-state index contributed by atoms with van der Waals surface area (Å²) < 4.78 is 1.89. The summed E-state index contributed by atoms with van der Waals surface area (Å²) in [7, 11) is 0. The third-order valence-electron chi connectivity index (χ3n) is 4.98. The number of aromatic nitrogens is 3. The Kier molecular flexibility index (Phi) is 4.90. The van der Waals surface area contributed by atoms with E-state index in [9.17, 15) is 4.79 Å². The molecule has 1 aliphatic heterocycles. The van der Waals surface area contributed by atoms with Gasteiger partial charge in [-0.1, -0.05) is 30.3 Å². The van der Waals surface area contributed by atoms with Gasteiger partial charge < -0.3 is 10.2 Å². The molecule has 1 saturated heterocycles. The summed E-state index contributed by atoms with van der Waals surface area (Å²) in [6.07, 6.45) is 2.75. The van der Waals surface area contributed by atoms with Gasteiger partial charge in [-0.2, -0.15) is 5.10 Å². The topological polar surface area (TPSA) is 63.1 Å². The van der Waals surface area contributed by atoms with Crippen LogP contribution in [0.3, 0.4) is 0 Å². The SMILES string of the molecule is CC(C)n1ncc2c(C(=O)N3CCCNCC3)cc(-c3ccccc3)nc21. The van der Waals surface area contributed by atoms with Crippen LogP contribution in [0.2, 0.25) is 0 Å². The maximum atomic E-state index is 13.4. The van der Waals surface area contributed by atoms with Crippen molar-refractivity contribution in [2.75, 3.05) is 26.2 Å². The normalized spacial score (nSPS) is 15.3. The van der Waals surface area contributed by atoms with Crippen molar-refractivity contribution in [1.29, 1.82) is 0 Å². The number of amides is 1. The van der Waals surface area contributed by atoms with E-state index in [1.807, 2.05) is 46.0 Å². The first kappa shape index (κ1) is 17.7. The van der Waals surface area contributed by atoms with Gasteiger partial charge in [0.2, 0.25) is 0 Å². The lowest BCUT2D eigenvalue weighted by Crippen LogP contribution is -2.34. The van der Waals surface area contributed by atoms with Gasteiger partial charge in [0.05, 0.1) is 22.8 Å². The van der Waals surface area contributed by atoms with Gasteiger partial charge in [0.1, 0.15) is 0 Å². The lowest BCUT2D eigenvalue weighted by molar-refractivity contribution is 0.0768. The van der Waals surface area contributed by atoms with Crippen LogP contribution < -0.4 is 5.32 Å². The van der Waals surface area contributed by atoms with Gasteiger partial charge in [0.25, 0.3) is 5.91 Å². The summed E-state index contributed by atoms with van der Waals surface area (Å²) in [4.78, 5) is 20.2. The standard InChI is InChI=1S/C21H25N5O/c1-15(2)26-20-18(14-23-26)17(21(27)25-11-6-9-22-10-12-25)13-19(24-20)16-7-4-3-5-8-16/h3-5,7-8,13-15,22H,6,9-12H2,1-2H3. The van der Waals surface area contributed by atoms with Crippen molar-refractivity contribution in [1.82, 2.24) is 25.0 Å². The quantitative estimate of drug-likeness (QED) is 0.777. The molecule has 0 saturated carbocycles. The smallest absolute Gasteiger partial charge is 0.254 e. The van der Waals surface area contributed by atoms with Gasteiger partial charge in [0.15, 0.2) is 5.65 Å². The summed E-state index contributed by atoms with van der Waals surface area (Å²) in [6.45, 7) is 7.43. The number of hydrogen-bond donors (Lipinski definition) is 1. The molecule has 1 aliphatic rings. The van der Waals surface area contributed by atoms with Gasteiger partial charge in [-0.25, -0.2) is 9.67 Å². The predicted octanol–water partition coefficient (Wildman–Crippen LogP) is 3.11. The van der Waals surface area contributed by atoms with E-state index in [1.165, 1.54) is 0 Å². The Bertz CT molecular complexity index is 940. The third-order valence-corrected chi connectivity index (χ3v) is 4.98. The fourth-order valence-corrected chi connectivity index (χ4v) is 3.55. The molecule has 2 aromatic heterocycles. The number of benzene rings is 1. The van der Waals surface area contributed by atoms with Crippen LogP contribution in [0, 0.1) is 0 Å². The second kappa shape index (κ2) is 7.48. The van der Waals surface area contributed by atoms with E-state index < -0.39 is 0 Å². The molecule has 0 unspecified atom stereocenters. The van der Waals surface area contributed by atoms with Gasteiger partial charge in [-0.15, -0.1) is 0 Å². The highest BCUT2D eigenvalue weighted by Gasteiger charge is 2.23. The molecule has 6 heteroatoms. The Morgan fingerprint density at radius 2 is 1.96 bits per heavy atom. The number of pyridine rings is 1. The van der Waals surface area contributed by atoms with Crippen molar-refractivity contribution in [3.8, 4) is 11.3 Å². The number of nitrogens with zero attached hydrogens (tertiary/aromatic N) is 4. The van der Waals surface area contributed by atoms with E-state index in [2.05, 4.69) is 24.3 Å². The number of hydrogen-bond acceptors (Lipinski definition) is 4. The number of rotatable bonds is 3. The molecule has 0 atom stereocenters. The number of carbonyl (C=O) groups excluding carboxylic acids is 1. The molecule has 27 heavy (non-hydrogen) atoms. The van der Waals surface area contributed by atoms with Crippen molar-refractivity contribution < 1.29 is 4.79 Å². The maximum absolute atomic E-state index is 13.4. The van der Waals surface area contributed by atoms with Crippen molar-refractivity contribution in [2.24, 2.45) is 0 Å². The fourth-order valence-electron chi connectivity index (χ4n) is 3.55. The van der Waals surface area contributed by atoms with Crippen molar-refractivity contribution >= 4 is 16.9 Å². The zero-order chi connectivity index (χ0) is 18.8. The van der Waals surface area contributed by atoms with Gasteiger partial charge >= 0.3 is 0 Å². The number of carbonyl (C=O) groups is 1. The number of nitrogens with one attached hydrogen (secondary N) is 1. The molecule has 4 rings (SSSR count). The Morgan fingerprint density at radius 1 is 1.15 bits per heavy atom. The number of fused-ring (bicyclic) bond motifs is 1. The molecule has 3 heterocycles. The van der Waals surface area contributed by atoms with E-state index in [-0.39, 0.29) is 11.9 Å². The third kappa shape index (κ3) is 3.45. The molecule has 0 bridgehead atoms. The lowest BCUT2D eigenvalue weighted by Gasteiger charge is -2.21. The molecule has 1 N–H and O–H groups in total. The Balaban J connectivity index is 1.86. The maximum Gasteiger partial charge on any atom is 0.254 e. The van der Waals surface area contributed by atoms with Crippen LogP contribution in [0.4, 0.5) is 0 Å². The summed E-state index contributed by atoms with van der Waals surface area (Å²) in [5.74, 6) is 0.0617. The minimum absolute atomic E-state index is 0.0617. The summed E-state index contributed by atoms with van der Waals surface area (Å²) in [5, 5.41) is 8.69. The lowest BCUT2D eigenvalue weighted by atomic mass is 10.1. The van der Waals surface area contributed by atoms with Crippen molar-refractivity contribution in [3.63, 3.8) is 0 Å². The summed E-state index contributed by atoms with van der Waals surface area (Å²) in [6, 6.07) is 12.1. The van der Waals surface area contributed by atoms with Crippen LogP contribution >= 0.6 is 0 Å². The highest BCUT2D eigenvalue weighted by Crippen LogP contribution is 2.27. The van der Waals surface area contributed by atoms with Crippen LogP contribution in [0.25, 0.3) is 22.3 Å². The van der Waals surface area contributed by atoms with Gasteiger partial charge in [-0.3, -0.25) is 4.79 Å². The molecule has 1 fully saturated rings. The van der Waals surface area contributed by atoms with Crippen molar-refractivity contribution in [2.45, 2.75) is 26.3 Å². The average Bonchev–Trinajstić information content (AvgIpc) is 2.93. The zero-order valence-corrected chi connectivity index (χ0v) is 15.9. The van der Waals surface area contributed by atoms with Gasteiger partial charge in [-0.05, 0) is 32.9 Å². The first-order valence-corrected chi connectivity index (χ1v) is 9.59. The van der Waals surface area contributed by atoms with E-state index in [0.29, 0.717) is 5.56 Å². The fraction of sp³-hybridized carbons (Fsp3) is 0.381. The van der Waals surface area contributed by atoms with Crippen LogP contribution in [-0.4, -0.2) is 51.8 Å². The van der Waals surface area contributed by atoms with E-state index >= 15 is 0 Å². The monoisotopic (exact) mass is 363 g/mol. The highest BCUT2D eigenvalue weighted by molar-refractivity contribution is 6.06. The Morgan fingerprint density at radius 3 is 2.74 bits per heavy atom. The minimum atomic E-state index is 0.0617. The first-order valence-electron chi connectivity index (χ1n) is 9.59. The van der Waals surface area contributed by atoms with Crippen LogP contribution in [0.15, 0.2) is 42.6 Å². The molecule has 3 aromatic rings. The largest absolute Gasteiger partial charge is 0.337 e. The second-order valence-electron chi connectivity index (χ2n) is 7.24. The molecule has 140 valence electrons. The highest BCUT2D eigenvalue weighted by atomic mass is 16.2. The zero-order valence-electron chi connectivity index (χ0n) is 15.9. The van der Waals surface area contributed by atoms with Crippen molar-refractivity contribution in [3.05, 3.63) is 48.2 Å². The van der Waals surface area contributed by atoms with E-state index in [4.69, 9.17) is 4.98 Å². The average molecular weight is 363 g/mol. The molecule has 1 amide bonds. The van der Waals surface area contributed by atoms with Gasteiger partial charge in [0, 0.05) is 31.2 Å². The van der Waals surface area contributed by atoms with Crippen LogP contribution in [0.5, 0.6) is 0 Å². The minimum Gasteiger partial charge on any atom is -0.337 e. The summed E-state index contributed by atoms with van der Waals surface area (Å²) >= 11 is 0. The van der Waals surface area contributed by atoms with Crippen LogP contribution in [-0.2, 0) is 0 Å². The molecule has 0 radical (unpaired) electrons. The van der Waals surface area contributed by atoms with E-state index in [0.717, 1.165) is 54.9 Å². The predicted molar refractivity (Wildman–Crippen MR) is 107 cm³/mol. The molecular weight excluding hydrogens is 338 g/mol. The molecule has 6 nitrogen and oxygen atoms in total. The first-order chi connectivity index (χ1) is 13.1. The molecular formula is C21H25N5O. The van der Waals surface area contributed by atoms with Crippen LogP contribution in [0.1, 0.15) is 36.7 Å². The molecule has 0 aliphatic carbocycles. The molecule has 0 spiro atoms. The Hall–Kier alpha value is -2.73. The van der Waals surface area contributed by atoms with E-state index in [1.54, 1.807) is 6.20 Å². The second-order valence-corrected chi connectivity index (χ2v) is 7.24. The Labute approximate surface area is 159 Å². The molecule has 1 aromatic carbocycles.